The molecular formula is C20H19F2N3O3S. The maximum Gasteiger partial charge on any atom is 0.266 e. The Morgan fingerprint density at radius 2 is 1.83 bits per heavy atom. The average molecular weight is 419 g/mol. The molecule has 0 N–H and O–H groups in total. The molecule has 2 aromatic carbocycles. The van der Waals surface area contributed by atoms with Crippen molar-refractivity contribution in [2.75, 3.05) is 38.9 Å². The van der Waals surface area contributed by atoms with Crippen LogP contribution in [0.2, 0.25) is 0 Å². The quantitative estimate of drug-likeness (QED) is 0.607. The zero-order valence-corrected chi connectivity index (χ0v) is 16.8. The maximum absolute atomic E-state index is 14.2. The van der Waals surface area contributed by atoms with Crippen LogP contribution < -0.4 is 14.4 Å². The van der Waals surface area contributed by atoms with Gasteiger partial charge < -0.3 is 14.4 Å². The van der Waals surface area contributed by atoms with Crippen LogP contribution in [0.5, 0.6) is 11.5 Å². The third kappa shape index (κ3) is 3.88. The molecule has 3 aromatic rings. The van der Waals surface area contributed by atoms with Crippen molar-refractivity contribution in [2.45, 2.75) is 6.42 Å². The van der Waals surface area contributed by atoms with Crippen LogP contribution >= 0.6 is 11.3 Å². The van der Waals surface area contributed by atoms with Gasteiger partial charge in [-0.25, -0.2) is 13.8 Å². The lowest BCUT2D eigenvalue weighted by atomic mass is 10.1. The number of hydrogen-bond acceptors (Lipinski definition) is 6. The molecule has 9 heteroatoms. The van der Waals surface area contributed by atoms with Gasteiger partial charge >= 0.3 is 0 Å². The Morgan fingerprint density at radius 1 is 1.14 bits per heavy atom. The van der Waals surface area contributed by atoms with Crippen molar-refractivity contribution in [3.05, 3.63) is 47.5 Å². The largest absolute Gasteiger partial charge is 0.454 e. The number of halogens is 2. The number of fused-ring (bicyclic) bond motifs is 2. The van der Waals surface area contributed by atoms with Crippen molar-refractivity contribution in [1.82, 2.24) is 9.88 Å². The molecule has 0 spiro atoms. The smallest absolute Gasteiger partial charge is 0.266 e. The minimum Gasteiger partial charge on any atom is -0.454 e. The normalized spacial score (nSPS) is 12.7. The fraction of sp³-hybridized carbons (Fsp3) is 0.300. The summed E-state index contributed by atoms with van der Waals surface area (Å²) in [5.74, 6) is -1.35. The third-order valence-corrected chi connectivity index (χ3v) is 5.55. The van der Waals surface area contributed by atoms with E-state index in [1.54, 1.807) is 12.1 Å². The molecule has 4 rings (SSSR count). The topological polar surface area (TPSA) is 54.9 Å². The van der Waals surface area contributed by atoms with Gasteiger partial charge in [-0.15, -0.1) is 0 Å². The van der Waals surface area contributed by atoms with Crippen molar-refractivity contribution in [1.29, 1.82) is 0 Å². The Kier molecular flexibility index (Phi) is 5.33. The van der Waals surface area contributed by atoms with E-state index in [1.807, 2.05) is 19.0 Å². The van der Waals surface area contributed by atoms with E-state index in [9.17, 15) is 13.6 Å². The Balaban J connectivity index is 1.72. The van der Waals surface area contributed by atoms with E-state index < -0.39 is 23.1 Å². The second kappa shape index (κ2) is 7.92. The van der Waals surface area contributed by atoms with Crippen LogP contribution in [0.4, 0.5) is 13.9 Å². The van der Waals surface area contributed by atoms with Gasteiger partial charge in [0.25, 0.3) is 5.91 Å². The first-order valence-electron chi connectivity index (χ1n) is 9.05. The van der Waals surface area contributed by atoms with E-state index in [2.05, 4.69) is 4.98 Å². The zero-order valence-electron chi connectivity index (χ0n) is 15.9. The summed E-state index contributed by atoms with van der Waals surface area (Å²) in [5, 5.41) is 0.370. The first kappa shape index (κ1) is 19.5. The highest BCUT2D eigenvalue weighted by Crippen LogP contribution is 2.40. The zero-order chi connectivity index (χ0) is 20.5. The van der Waals surface area contributed by atoms with Crippen LogP contribution in [-0.2, 0) is 0 Å². The number of aromatic nitrogens is 1. The first-order valence-corrected chi connectivity index (χ1v) is 9.86. The summed E-state index contributed by atoms with van der Waals surface area (Å²) in [6.45, 7) is 1.14. The molecule has 0 saturated carbocycles. The second-order valence-electron chi connectivity index (χ2n) is 6.88. The van der Waals surface area contributed by atoms with Crippen LogP contribution in [0.15, 0.2) is 30.3 Å². The SMILES string of the molecule is CN(C)CCCN(C(=O)c1c(F)cccc1F)c1nc2cc3c(cc2s1)OCO3. The molecule has 6 nitrogen and oxygen atoms in total. The molecule has 1 aliphatic heterocycles. The number of carbonyl (C=O) groups excluding carboxylic acids is 1. The molecule has 1 aromatic heterocycles. The predicted molar refractivity (Wildman–Crippen MR) is 107 cm³/mol. The molecule has 1 amide bonds. The highest BCUT2D eigenvalue weighted by atomic mass is 32.1. The van der Waals surface area contributed by atoms with Gasteiger partial charge in [0, 0.05) is 18.7 Å². The van der Waals surface area contributed by atoms with E-state index in [0.717, 1.165) is 16.8 Å². The van der Waals surface area contributed by atoms with Gasteiger partial charge in [0.2, 0.25) is 6.79 Å². The van der Waals surface area contributed by atoms with Gasteiger partial charge in [0.1, 0.15) is 17.2 Å². The summed E-state index contributed by atoms with van der Waals surface area (Å²) in [7, 11) is 3.84. The summed E-state index contributed by atoms with van der Waals surface area (Å²) < 4.78 is 40.0. The monoisotopic (exact) mass is 419 g/mol. The second-order valence-corrected chi connectivity index (χ2v) is 7.89. The van der Waals surface area contributed by atoms with Gasteiger partial charge in [-0.2, -0.15) is 0 Å². The Morgan fingerprint density at radius 3 is 2.52 bits per heavy atom. The van der Waals surface area contributed by atoms with Gasteiger partial charge in [-0.1, -0.05) is 17.4 Å². The van der Waals surface area contributed by atoms with Crippen LogP contribution in [0.1, 0.15) is 16.8 Å². The van der Waals surface area contributed by atoms with Crippen LogP contribution in [0, 0.1) is 11.6 Å². The fourth-order valence-electron chi connectivity index (χ4n) is 3.09. The standard InChI is InChI=1S/C20H19F2N3O3S/c1-24(2)7-4-8-25(19(26)18-12(21)5-3-6-13(18)22)20-23-14-9-15-16(28-11-27-15)10-17(14)29-20/h3,5-6,9-10H,4,7-8,11H2,1-2H3. The summed E-state index contributed by atoms with van der Waals surface area (Å²) >= 11 is 1.26. The number of amides is 1. The van der Waals surface area contributed by atoms with Gasteiger partial charge in [0.15, 0.2) is 16.6 Å². The number of rotatable bonds is 6. The molecule has 152 valence electrons. The van der Waals surface area contributed by atoms with Crippen LogP contribution in [-0.4, -0.2) is 49.8 Å². The van der Waals surface area contributed by atoms with Crippen LogP contribution in [0.25, 0.3) is 10.2 Å². The van der Waals surface area contributed by atoms with E-state index in [4.69, 9.17) is 9.47 Å². The molecule has 0 saturated heterocycles. The molecule has 0 atom stereocenters. The lowest BCUT2D eigenvalue weighted by molar-refractivity contribution is 0.0978. The molecule has 0 fully saturated rings. The minimum atomic E-state index is -0.894. The number of carbonyl (C=O) groups is 1. The van der Waals surface area contributed by atoms with Crippen molar-refractivity contribution in [2.24, 2.45) is 0 Å². The van der Waals surface area contributed by atoms with E-state index in [1.165, 1.54) is 22.3 Å². The van der Waals surface area contributed by atoms with E-state index >= 15 is 0 Å². The van der Waals surface area contributed by atoms with Crippen molar-refractivity contribution >= 4 is 32.6 Å². The number of thiazole rings is 1. The predicted octanol–water partition coefficient (Wildman–Crippen LogP) is 3.90. The fourth-order valence-corrected chi connectivity index (χ4v) is 4.09. The first-order chi connectivity index (χ1) is 13.9. The summed E-state index contributed by atoms with van der Waals surface area (Å²) in [5.41, 5.74) is 0.0550. The number of hydrogen-bond donors (Lipinski definition) is 0. The van der Waals surface area contributed by atoms with Gasteiger partial charge in [0.05, 0.1) is 10.2 Å². The molecule has 29 heavy (non-hydrogen) atoms. The molecule has 0 unspecified atom stereocenters. The highest BCUT2D eigenvalue weighted by Gasteiger charge is 2.27. The van der Waals surface area contributed by atoms with E-state index in [0.29, 0.717) is 35.1 Å². The summed E-state index contributed by atoms with van der Waals surface area (Å²) in [6.07, 6.45) is 0.619. The third-order valence-electron chi connectivity index (χ3n) is 4.51. The maximum atomic E-state index is 14.2. The molecule has 0 bridgehead atoms. The molecule has 2 heterocycles. The number of benzene rings is 2. The summed E-state index contributed by atoms with van der Waals surface area (Å²) in [4.78, 5) is 20.9. The van der Waals surface area contributed by atoms with Gasteiger partial charge in [-0.3, -0.25) is 9.69 Å². The molecule has 1 aliphatic rings. The number of ether oxygens (including phenoxy) is 2. The Labute approximate surface area is 170 Å². The number of nitrogens with zero attached hydrogens (tertiary/aromatic N) is 3. The van der Waals surface area contributed by atoms with E-state index in [-0.39, 0.29) is 13.3 Å². The van der Waals surface area contributed by atoms with Crippen molar-refractivity contribution < 1.29 is 23.0 Å². The number of anilines is 1. The van der Waals surface area contributed by atoms with Crippen molar-refractivity contribution in [3.8, 4) is 11.5 Å². The molecular weight excluding hydrogens is 400 g/mol. The lowest BCUT2D eigenvalue weighted by Gasteiger charge is -2.21. The lowest BCUT2D eigenvalue weighted by Crippen LogP contribution is -2.34. The summed E-state index contributed by atoms with van der Waals surface area (Å²) in [6, 6.07) is 6.92. The molecule has 0 aliphatic carbocycles. The van der Waals surface area contributed by atoms with Crippen LogP contribution in [0.3, 0.4) is 0 Å². The van der Waals surface area contributed by atoms with Crippen molar-refractivity contribution in [3.63, 3.8) is 0 Å². The Hall–Kier alpha value is -2.78. The highest BCUT2D eigenvalue weighted by molar-refractivity contribution is 7.22. The minimum absolute atomic E-state index is 0.154. The molecule has 0 radical (unpaired) electrons. The van der Waals surface area contributed by atoms with Gasteiger partial charge in [-0.05, 0) is 39.2 Å². The average Bonchev–Trinajstić information content (AvgIpc) is 3.28. The Bertz CT molecular complexity index is 1010.